The first kappa shape index (κ1) is 40.9. The van der Waals surface area contributed by atoms with Crippen LogP contribution >= 0.6 is 0 Å². The van der Waals surface area contributed by atoms with Crippen molar-refractivity contribution in [3.63, 3.8) is 0 Å². The lowest BCUT2D eigenvalue weighted by molar-refractivity contribution is -0.139. The fourth-order valence-corrected chi connectivity index (χ4v) is 6.17. The van der Waals surface area contributed by atoms with E-state index < -0.39 is 5.97 Å². The predicted molar refractivity (Wildman–Crippen MR) is 208 cm³/mol. The second-order valence-electron chi connectivity index (χ2n) is 13.6. The molecule has 8 nitrogen and oxygen atoms in total. The summed E-state index contributed by atoms with van der Waals surface area (Å²) in [4.78, 5) is 35.2. The Morgan fingerprint density at radius 1 is 0.623 bits per heavy atom. The summed E-state index contributed by atoms with van der Waals surface area (Å²) in [6.07, 6.45) is 18.4. The highest BCUT2D eigenvalue weighted by Gasteiger charge is 2.26. The number of unbranched alkanes of at least 4 members (excludes halogenated alkanes) is 12. The van der Waals surface area contributed by atoms with Crippen LogP contribution in [0.5, 0.6) is 17.2 Å². The summed E-state index contributed by atoms with van der Waals surface area (Å²) in [5.41, 5.74) is 3.14. The van der Waals surface area contributed by atoms with Crippen LogP contribution in [-0.2, 0) is 19.1 Å². The molecule has 0 saturated carbocycles. The van der Waals surface area contributed by atoms with Crippen LogP contribution in [0.2, 0.25) is 0 Å². The third kappa shape index (κ3) is 15.7. The van der Waals surface area contributed by atoms with Crippen molar-refractivity contribution in [3.05, 3.63) is 103 Å². The number of hydrogen-bond donors (Lipinski definition) is 0. The Labute approximate surface area is 315 Å². The van der Waals surface area contributed by atoms with E-state index in [4.69, 9.17) is 23.7 Å². The number of benzene rings is 3. The monoisotopic (exact) mass is 724 g/mol. The Balaban J connectivity index is 1.02. The van der Waals surface area contributed by atoms with Crippen LogP contribution in [0.15, 0.2) is 97.6 Å². The molecule has 0 aliphatic carbocycles. The van der Waals surface area contributed by atoms with Crippen LogP contribution in [0, 0.1) is 0 Å². The molecule has 4 rings (SSSR count). The van der Waals surface area contributed by atoms with Crippen molar-refractivity contribution in [2.45, 2.75) is 109 Å². The molecule has 0 spiro atoms. The molecule has 1 saturated heterocycles. The van der Waals surface area contributed by atoms with E-state index in [0.717, 1.165) is 93.3 Å². The van der Waals surface area contributed by atoms with E-state index >= 15 is 0 Å². The van der Waals surface area contributed by atoms with Crippen molar-refractivity contribution in [3.8, 4) is 28.4 Å². The smallest absolute Gasteiger partial charge is 0.343 e. The summed E-state index contributed by atoms with van der Waals surface area (Å²) in [6.45, 7) is 8.94. The minimum atomic E-state index is -0.414. The van der Waals surface area contributed by atoms with Gasteiger partial charge < -0.3 is 23.7 Å². The molecule has 1 heterocycles. The average Bonchev–Trinajstić information content (AvgIpc) is 3.50. The second-order valence-corrected chi connectivity index (χ2v) is 13.6. The number of hydrogen-bond acceptors (Lipinski definition) is 8. The average molecular weight is 725 g/mol. The van der Waals surface area contributed by atoms with Crippen molar-refractivity contribution in [2.75, 3.05) is 19.8 Å². The Bertz CT molecular complexity index is 1540. The van der Waals surface area contributed by atoms with Gasteiger partial charge in [0.2, 0.25) is 0 Å². The molecule has 1 aliphatic rings. The van der Waals surface area contributed by atoms with Crippen molar-refractivity contribution in [2.24, 2.45) is 0 Å². The first-order valence-electron chi connectivity index (χ1n) is 19.4. The first-order valence-corrected chi connectivity index (χ1v) is 19.4. The van der Waals surface area contributed by atoms with Gasteiger partial charge in [-0.15, -0.1) is 0 Å². The quantitative estimate of drug-likeness (QED) is 0.0349. The van der Waals surface area contributed by atoms with Crippen LogP contribution in [0.25, 0.3) is 11.1 Å². The molecule has 3 aromatic rings. The highest BCUT2D eigenvalue weighted by atomic mass is 16.6. The Hall–Kier alpha value is -4.85. The summed E-state index contributed by atoms with van der Waals surface area (Å²) in [5.74, 6) is 1.08. The predicted octanol–water partition coefficient (Wildman–Crippen LogP) is 10.8. The largest absolute Gasteiger partial charge is 0.494 e. The number of carbonyl (C=O) groups is 3. The van der Waals surface area contributed by atoms with Crippen LogP contribution in [-0.4, -0.2) is 43.8 Å². The Morgan fingerprint density at radius 2 is 1.08 bits per heavy atom. The summed E-state index contributed by atoms with van der Waals surface area (Å²) < 4.78 is 27.7. The first-order chi connectivity index (χ1) is 25.9. The van der Waals surface area contributed by atoms with E-state index in [1.165, 1.54) is 31.8 Å². The summed E-state index contributed by atoms with van der Waals surface area (Å²) >= 11 is 0. The van der Waals surface area contributed by atoms with Gasteiger partial charge in [0, 0.05) is 18.1 Å². The van der Waals surface area contributed by atoms with Crippen molar-refractivity contribution < 1.29 is 38.1 Å². The van der Waals surface area contributed by atoms with Crippen LogP contribution in [0.1, 0.15) is 113 Å². The van der Waals surface area contributed by atoms with E-state index in [1.54, 1.807) is 36.4 Å². The SMILES string of the molecule is C=CC(=O)OCCCCCCCCCCOc1ccc(-c2ccc(OC(=O)c3ccc(OCCCCCCCCC4CC(=C)C(=O)O4)cc3)cc2)cc1. The van der Waals surface area contributed by atoms with Gasteiger partial charge in [0.25, 0.3) is 0 Å². The minimum absolute atomic E-state index is 0.0232. The molecule has 1 atom stereocenters. The van der Waals surface area contributed by atoms with Gasteiger partial charge >= 0.3 is 17.9 Å². The topological polar surface area (TPSA) is 97.4 Å². The Kier molecular flexibility index (Phi) is 18.3. The molecule has 0 aromatic heterocycles. The third-order valence-corrected chi connectivity index (χ3v) is 9.29. The van der Waals surface area contributed by atoms with Gasteiger partial charge in [0.1, 0.15) is 23.4 Å². The van der Waals surface area contributed by atoms with Crippen molar-refractivity contribution in [1.82, 2.24) is 0 Å². The fraction of sp³-hybridized carbons (Fsp3) is 0.444. The van der Waals surface area contributed by atoms with Gasteiger partial charge in [0.15, 0.2) is 0 Å². The van der Waals surface area contributed by atoms with Crippen molar-refractivity contribution >= 4 is 17.9 Å². The van der Waals surface area contributed by atoms with E-state index in [9.17, 15) is 14.4 Å². The van der Waals surface area contributed by atoms with E-state index in [0.29, 0.717) is 43.1 Å². The highest BCUT2D eigenvalue weighted by Crippen LogP contribution is 2.26. The van der Waals surface area contributed by atoms with Gasteiger partial charge in [-0.2, -0.15) is 0 Å². The van der Waals surface area contributed by atoms with E-state index in [-0.39, 0.29) is 18.0 Å². The maximum atomic E-state index is 12.8. The summed E-state index contributed by atoms with van der Waals surface area (Å²) in [7, 11) is 0. The summed E-state index contributed by atoms with van der Waals surface area (Å²) in [5, 5.41) is 0. The van der Waals surface area contributed by atoms with Gasteiger partial charge in [-0.05, 0) is 91.8 Å². The summed E-state index contributed by atoms with van der Waals surface area (Å²) in [6, 6.07) is 22.6. The molecule has 1 fully saturated rings. The van der Waals surface area contributed by atoms with E-state index in [2.05, 4.69) is 13.2 Å². The number of cyclic esters (lactones) is 1. The van der Waals surface area contributed by atoms with E-state index in [1.807, 2.05) is 36.4 Å². The lowest BCUT2D eigenvalue weighted by Crippen LogP contribution is -2.08. The zero-order valence-electron chi connectivity index (χ0n) is 31.2. The van der Waals surface area contributed by atoms with Crippen LogP contribution < -0.4 is 14.2 Å². The number of esters is 3. The number of rotatable bonds is 26. The van der Waals surface area contributed by atoms with Crippen molar-refractivity contribution in [1.29, 1.82) is 0 Å². The molecule has 284 valence electrons. The Morgan fingerprint density at radius 3 is 1.57 bits per heavy atom. The molecule has 1 aliphatic heterocycles. The van der Waals surface area contributed by atoms with Gasteiger partial charge in [0.05, 0.1) is 25.4 Å². The molecule has 1 unspecified atom stereocenters. The molecular weight excluding hydrogens is 668 g/mol. The minimum Gasteiger partial charge on any atom is -0.494 e. The molecule has 53 heavy (non-hydrogen) atoms. The lowest BCUT2D eigenvalue weighted by Gasteiger charge is -2.09. The molecule has 0 amide bonds. The lowest BCUT2D eigenvalue weighted by atomic mass is 10.0. The van der Waals surface area contributed by atoms with Crippen LogP contribution in [0.3, 0.4) is 0 Å². The zero-order chi connectivity index (χ0) is 37.5. The zero-order valence-corrected chi connectivity index (χ0v) is 31.2. The standard InChI is InChI=1S/C45H56O8/c1-3-43(46)51-33-17-13-8-5-4-7-11-15-31-49-39-25-19-36(20-26-39)37-21-29-41(30-22-37)52-45(48)38-23-27-40(28-24-38)50-32-16-12-9-6-10-14-18-42-34-35(2)44(47)53-42/h3,19-30,42H,1-2,4-18,31-34H2. The molecule has 0 N–H and O–H groups in total. The molecule has 8 heteroatoms. The third-order valence-electron chi connectivity index (χ3n) is 9.29. The van der Waals surface area contributed by atoms with Crippen LogP contribution in [0.4, 0.5) is 0 Å². The van der Waals surface area contributed by atoms with Gasteiger partial charge in [-0.25, -0.2) is 14.4 Å². The molecule has 0 bridgehead atoms. The second kappa shape index (κ2) is 23.7. The fourth-order valence-electron chi connectivity index (χ4n) is 6.17. The number of carbonyl (C=O) groups excluding carboxylic acids is 3. The normalized spacial score (nSPS) is 13.7. The highest BCUT2D eigenvalue weighted by molar-refractivity contribution is 5.91. The number of ether oxygens (including phenoxy) is 5. The maximum absolute atomic E-state index is 12.8. The molecule has 0 radical (unpaired) electrons. The molecular formula is C45H56O8. The van der Waals surface area contributed by atoms with Gasteiger partial charge in [-0.1, -0.05) is 102 Å². The maximum Gasteiger partial charge on any atom is 0.343 e. The molecule has 3 aromatic carbocycles. The van der Waals surface area contributed by atoms with Gasteiger partial charge in [-0.3, -0.25) is 0 Å².